The molecule has 1 atom stereocenters. The summed E-state index contributed by atoms with van der Waals surface area (Å²) < 4.78 is 21.6. The highest BCUT2D eigenvalue weighted by Crippen LogP contribution is 2.33. The third-order valence-corrected chi connectivity index (χ3v) is 3.91. The van der Waals surface area contributed by atoms with Crippen LogP contribution in [0.1, 0.15) is 19.3 Å². The maximum absolute atomic E-state index is 11.4. The van der Waals surface area contributed by atoms with Gasteiger partial charge in [0.05, 0.1) is 5.75 Å². The van der Waals surface area contributed by atoms with Gasteiger partial charge in [-0.3, -0.25) is 4.79 Å². The summed E-state index contributed by atoms with van der Waals surface area (Å²) in [7, 11) is 1.68. The molecule has 0 spiro atoms. The number of carbonyl (C=O) groups is 1. The average Bonchev–Trinajstić information content (AvgIpc) is 2.75. The van der Waals surface area contributed by atoms with Gasteiger partial charge in [0.1, 0.15) is 0 Å². The molecule has 1 aliphatic carbocycles. The molecule has 0 aromatic rings. The molecule has 2 fully saturated rings. The minimum absolute atomic E-state index is 0.0798. The molecule has 80 valence electrons. The van der Waals surface area contributed by atoms with Crippen molar-refractivity contribution in [3.8, 4) is 0 Å². The van der Waals surface area contributed by atoms with Gasteiger partial charge in [-0.2, -0.15) is 0 Å². The van der Waals surface area contributed by atoms with E-state index in [-0.39, 0.29) is 17.6 Å². The second kappa shape index (κ2) is 3.38. The van der Waals surface area contributed by atoms with Crippen LogP contribution in [0.25, 0.3) is 0 Å². The number of hydrogen-bond acceptors (Lipinski definition) is 3. The molecule has 1 heterocycles. The zero-order chi connectivity index (χ0) is 10.3. The topological polar surface area (TPSA) is 54.5 Å². The van der Waals surface area contributed by atoms with Crippen LogP contribution in [-0.4, -0.2) is 37.6 Å². The molecule has 0 aromatic carbocycles. The smallest absolute Gasteiger partial charge is 0.232 e. The Labute approximate surface area is 87.6 Å². The van der Waals surface area contributed by atoms with E-state index < -0.39 is 9.05 Å². The number of nitrogens with zero attached hydrogens (tertiary/aromatic N) is 1. The molecule has 0 bridgehead atoms. The molecule has 0 radical (unpaired) electrons. The Morgan fingerprint density at radius 1 is 1.43 bits per heavy atom. The van der Waals surface area contributed by atoms with Crippen LogP contribution in [0.15, 0.2) is 0 Å². The third kappa shape index (κ3) is 2.39. The van der Waals surface area contributed by atoms with Crippen LogP contribution >= 0.6 is 10.7 Å². The monoisotopic (exact) mass is 237 g/mol. The Morgan fingerprint density at radius 2 is 2.07 bits per heavy atom. The number of halogens is 1. The van der Waals surface area contributed by atoms with Gasteiger partial charge >= 0.3 is 0 Å². The lowest BCUT2D eigenvalue weighted by molar-refractivity contribution is -0.128. The zero-order valence-corrected chi connectivity index (χ0v) is 9.22. The predicted octanol–water partition coefficient (Wildman–Crippen LogP) is 0.566. The van der Waals surface area contributed by atoms with Crippen molar-refractivity contribution >= 4 is 25.6 Å². The van der Waals surface area contributed by atoms with Crippen LogP contribution in [0.2, 0.25) is 0 Å². The molecule has 1 saturated heterocycles. The summed E-state index contributed by atoms with van der Waals surface area (Å²) in [4.78, 5) is 13.2. The van der Waals surface area contributed by atoms with Crippen LogP contribution in [0.4, 0.5) is 0 Å². The molecular weight excluding hydrogens is 226 g/mol. The van der Waals surface area contributed by atoms with E-state index >= 15 is 0 Å². The highest BCUT2D eigenvalue weighted by atomic mass is 35.7. The van der Waals surface area contributed by atoms with E-state index in [9.17, 15) is 13.2 Å². The highest BCUT2D eigenvalue weighted by Gasteiger charge is 2.40. The first-order valence-electron chi connectivity index (χ1n) is 4.67. The van der Waals surface area contributed by atoms with Crippen LogP contribution in [0.3, 0.4) is 0 Å². The lowest BCUT2D eigenvalue weighted by Crippen LogP contribution is -2.27. The van der Waals surface area contributed by atoms with E-state index in [4.69, 9.17) is 10.7 Å². The lowest BCUT2D eigenvalue weighted by atomic mass is 10.1. The van der Waals surface area contributed by atoms with Gasteiger partial charge in [-0.15, -0.1) is 0 Å². The summed E-state index contributed by atoms with van der Waals surface area (Å²) in [5, 5.41) is 0. The van der Waals surface area contributed by atoms with Crippen molar-refractivity contribution in [2.24, 2.45) is 5.92 Å². The number of carbonyl (C=O) groups excluding carboxylic acids is 1. The van der Waals surface area contributed by atoms with E-state index in [1.54, 1.807) is 4.90 Å². The van der Waals surface area contributed by atoms with Gasteiger partial charge in [0, 0.05) is 35.6 Å². The molecule has 4 nitrogen and oxygen atoms in total. The van der Waals surface area contributed by atoms with Crippen molar-refractivity contribution in [2.75, 3.05) is 12.3 Å². The number of likely N-dealkylation sites (tertiary alicyclic amines) is 1. The average molecular weight is 238 g/mol. The van der Waals surface area contributed by atoms with Crippen LogP contribution in [0, 0.1) is 5.92 Å². The van der Waals surface area contributed by atoms with Crippen molar-refractivity contribution in [3.63, 3.8) is 0 Å². The lowest BCUT2D eigenvalue weighted by Gasteiger charge is -2.14. The van der Waals surface area contributed by atoms with Gasteiger partial charge in [-0.05, 0) is 12.8 Å². The minimum Gasteiger partial charge on any atom is -0.339 e. The maximum atomic E-state index is 11.4. The molecule has 2 rings (SSSR count). The van der Waals surface area contributed by atoms with E-state index in [0.717, 1.165) is 12.8 Å². The van der Waals surface area contributed by atoms with Crippen LogP contribution < -0.4 is 0 Å². The first kappa shape index (κ1) is 10.2. The number of rotatable bonds is 3. The second-order valence-corrected chi connectivity index (χ2v) is 6.87. The molecule has 0 aromatic heterocycles. The number of hydrogen-bond donors (Lipinski definition) is 0. The second-order valence-electron chi connectivity index (χ2n) is 4.05. The van der Waals surface area contributed by atoms with E-state index in [1.807, 2.05) is 0 Å². The van der Waals surface area contributed by atoms with Crippen LogP contribution in [-0.2, 0) is 13.8 Å². The molecule has 1 unspecified atom stereocenters. The molecule has 14 heavy (non-hydrogen) atoms. The molecule has 1 aliphatic heterocycles. The predicted molar refractivity (Wildman–Crippen MR) is 52.5 cm³/mol. The summed E-state index contributed by atoms with van der Waals surface area (Å²) >= 11 is 0. The van der Waals surface area contributed by atoms with Gasteiger partial charge in [0.2, 0.25) is 15.0 Å². The normalized spacial score (nSPS) is 28.5. The standard InChI is InChI=1S/C8H12ClNO3S/c9-14(12,13)5-6-3-8(11)10(4-6)7-1-2-7/h6-7H,1-5H2. The van der Waals surface area contributed by atoms with Gasteiger partial charge in [-0.1, -0.05) is 0 Å². The molecular formula is C8H12ClNO3S. The number of amides is 1. The summed E-state index contributed by atoms with van der Waals surface area (Å²) in [5.74, 6) is -0.104. The maximum Gasteiger partial charge on any atom is 0.232 e. The minimum atomic E-state index is -3.47. The van der Waals surface area contributed by atoms with Gasteiger partial charge in [0.25, 0.3) is 0 Å². The summed E-state index contributed by atoms with van der Waals surface area (Å²) in [6, 6.07) is 0.380. The van der Waals surface area contributed by atoms with Gasteiger partial charge in [0.15, 0.2) is 0 Å². The van der Waals surface area contributed by atoms with Gasteiger partial charge < -0.3 is 4.90 Å². The Bertz CT molecular complexity index is 350. The SMILES string of the molecule is O=C1CC(CS(=O)(=O)Cl)CN1C1CC1. The summed E-state index contributed by atoms with van der Waals surface area (Å²) in [5.41, 5.74) is 0. The fourth-order valence-electron chi connectivity index (χ4n) is 1.94. The molecule has 0 N–H and O–H groups in total. The third-order valence-electron chi connectivity index (χ3n) is 2.66. The van der Waals surface area contributed by atoms with Gasteiger partial charge in [-0.25, -0.2) is 8.42 Å². The molecule has 2 aliphatic rings. The first-order chi connectivity index (χ1) is 6.46. The van der Waals surface area contributed by atoms with Crippen LogP contribution in [0.5, 0.6) is 0 Å². The fraction of sp³-hybridized carbons (Fsp3) is 0.875. The van der Waals surface area contributed by atoms with Crippen molar-refractivity contribution in [2.45, 2.75) is 25.3 Å². The summed E-state index contributed by atoms with van der Waals surface area (Å²) in [6.07, 6.45) is 2.46. The molecule has 1 saturated carbocycles. The highest BCUT2D eigenvalue weighted by molar-refractivity contribution is 8.13. The Kier molecular flexibility index (Phi) is 2.47. The van der Waals surface area contributed by atoms with Crippen molar-refractivity contribution < 1.29 is 13.2 Å². The van der Waals surface area contributed by atoms with Crippen molar-refractivity contribution in [1.29, 1.82) is 0 Å². The van der Waals surface area contributed by atoms with Crippen molar-refractivity contribution in [3.05, 3.63) is 0 Å². The Morgan fingerprint density at radius 3 is 2.57 bits per heavy atom. The largest absolute Gasteiger partial charge is 0.339 e. The summed E-state index contributed by atoms with van der Waals surface area (Å²) in [6.45, 7) is 0.565. The van der Waals surface area contributed by atoms with Crippen molar-refractivity contribution in [1.82, 2.24) is 4.90 Å². The van der Waals surface area contributed by atoms with E-state index in [0.29, 0.717) is 19.0 Å². The van der Waals surface area contributed by atoms with E-state index in [1.165, 1.54) is 0 Å². The first-order valence-corrected chi connectivity index (χ1v) is 7.15. The Balaban J connectivity index is 1.95. The fourth-order valence-corrected chi connectivity index (χ4v) is 3.26. The quantitative estimate of drug-likeness (QED) is 0.675. The van der Waals surface area contributed by atoms with E-state index in [2.05, 4.69) is 0 Å². The molecule has 1 amide bonds. The Hall–Kier alpha value is -0.290. The molecule has 6 heteroatoms. The zero-order valence-electron chi connectivity index (χ0n) is 7.65.